The minimum atomic E-state index is -3.90. The summed E-state index contributed by atoms with van der Waals surface area (Å²) in [6.07, 6.45) is 4.02. The Balaban J connectivity index is 1.91. The average Bonchev–Trinajstić information content (AvgIpc) is 3.14. The molecule has 4 rings (SSSR count). The zero-order valence-corrected chi connectivity index (χ0v) is 21.0. The summed E-state index contributed by atoms with van der Waals surface area (Å²) in [6, 6.07) is 0. The topological polar surface area (TPSA) is 122 Å². The van der Waals surface area contributed by atoms with E-state index in [1.54, 1.807) is 6.92 Å². The first-order chi connectivity index (χ1) is 15.8. The first kappa shape index (κ1) is 24.9. The quantitative estimate of drug-likeness (QED) is 0.244. The molecule has 0 heterocycles. The van der Waals surface area contributed by atoms with Crippen LogP contribution in [0.25, 0.3) is 0 Å². The van der Waals surface area contributed by atoms with Crippen molar-refractivity contribution in [3.8, 4) is 0 Å². The molecule has 7 atom stereocenters. The van der Waals surface area contributed by atoms with Gasteiger partial charge in [0.25, 0.3) is 10.1 Å². The minimum absolute atomic E-state index is 0.0762. The molecule has 0 aromatic heterocycles. The highest BCUT2D eigenvalue weighted by Crippen LogP contribution is 2.74. The third kappa shape index (κ3) is 3.36. The minimum Gasteiger partial charge on any atom is -0.469 e. The van der Waals surface area contributed by atoms with Crippen molar-refractivity contribution in [2.24, 2.45) is 28.6 Å². The van der Waals surface area contributed by atoms with E-state index in [4.69, 9.17) is 18.4 Å². The number of methoxy groups -OCH3 is 2. The Morgan fingerprint density at radius 2 is 1.85 bits per heavy atom. The molecule has 2 bridgehead atoms. The van der Waals surface area contributed by atoms with Gasteiger partial charge in [0.15, 0.2) is 0 Å². The second kappa shape index (κ2) is 7.91. The second-order valence-electron chi connectivity index (χ2n) is 10.4. The van der Waals surface area contributed by atoms with Gasteiger partial charge in [-0.3, -0.25) is 18.6 Å². The molecule has 0 amide bonds. The third-order valence-electron chi connectivity index (χ3n) is 8.64. The molecule has 0 aromatic rings. The van der Waals surface area contributed by atoms with Gasteiger partial charge in [-0.2, -0.15) is 8.42 Å². The van der Waals surface area contributed by atoms with Gasteiger partial charge < -0.3 is 14.2 Å². The maximum atomic E-state index is 13.4. The molecule has 188 valence electrons. The zero-order chi connectivity index (χ0) is 25.3. The molecule has 9 nitrogen and oxygen atoms in total. The number of esters is 3. The molecule has 0 radical (unpaired) electrons. The maximum Gasteiger partial charge on any atom is 0.314 e. The van der Waals surface area contributed by atoms with Crippen LogP contribution in [0.1, 0.15) is 46.0 Å². The SMILES string of the molecule is C=C1C[C@]23C[C@@]1(OC(C)=O)CC[C@H]2C1=CC[C@@H](OS(C)(=O)=O)[C@](C)(C(=O)OC)[C@H]1[C@@H]3C(=O)OC. The van der Waals surface area contributed by atoms with Gasteiger partial charge in [0.05, 0.1) is 32.5 Å². The maximum absolute atomic E-state index is 13.4. The van der Waals surface area contributed by atoms with E-state index in [9.17, 15) is 22.8 Å². The molecule has 0 aromatic carbocycles. The highest BCUT2D eigenvalue weighted by molar-refractivity contribution is 7.86. The summed E-state index contributed by atoms with van der Waals surface area (Å²) < 4.78 is 45.8. The first-order valence-electron chi connectivity index (χ1n) is 11.4. The van der Waals surface area contributed by atoms with Crippen LogP contribution in [-0.2, 0) is 42.9 Å². The zero-order valence-electron chi connectivity index (χ0n) is 20.2. The summed E-state index contributed by atoms with van der Waals surface area (Å²) >= 11 is 0. The number of carbonyl (C=O) groups is 3. The molecule has 34 heavy (non-hydrogen) atoms. The van der Waals surface area contributed by atoms with E-state index in [2.05, 4.69) is 6.58 Å². The highest BCUT2D eigenvalue weighted by Gasteiger charge is 2.74. The molecule has 0 saturated heterocycles. The fourth-order valence-electron chi connectivity index (χ4n) is 7.54. The first-order valence-corrected chi connectivity index (χ1v) is 13.2. The number of rotatable bonds is 5. The molecule has 3 saturated carbocycles. The molecule has 1 spiro atoms. The summed E-state index contributed by atoms with van der Waals surface area (Å²) in [5.41, 5.74) is -1.33. The molecular formula is C24H32O9S. The summed E-state index contributed by atoms with van der Waals surface area (Å²) in [5.74, 6) is -3.13. The summed E-state index contributed by atoms with van der Waals surface area (Å²) in [5, 5.41) is 0. The van der Waals surface area contributed by atoms with Gasteiger partial charge in [-0.1, -0.05) is 18.2 Å². The Labute approximate surface area is 200 Å². The fraction of sp³-hybridized carbons (Fsp3) is 0.708. The van der Waals surface area contributed by atoms with Gasteiger partial charge in [-0.15, -0.1) is 0 Å². The Morgan fingerprint density at radius 1 is 1.18 bits per heavy atom. The van der Waals surface area contributed by atoms with Crippen LogP contribution in [-0.4, -0.2) is 58.5 Å². The van der Waals surface area contributed by atoms with Crippen molar-refractivity contribution in [1.82, 2.24) is 0 Å². The van der Waals surface area contributed by atoms with Crippen LogP contribution in [0.5, 0.6) is 0 Å². The Hall–Kier alpha value is -2.20. The van der Waals surface area contributed by atoms with Crippen LogP contribution in [0.4, 0.5) is 0 Å². The van der Waals surface area contributed by atoms with Crippen LogP contribution >= 0.6 is 0 Å². The van der Waals surface area contributed by atoms with Gasteiger partial charge in [-0.25, -0.2) is 0 Å². The molecule has 4 aliphatic carbocycles. The average molecular weight is 497 g/mol. The van der Waals surface area contributed by atoms with Crippen LogP contribution < -0.4 is 0 Å². The fourth-order valence-corrected chi connectivity index (χ4v) is 8.24. The van der Waals surface area contributed by atoms with Crippen molar-refractivity contribution in [2.75, 3.05) is 20.5 Å². The van der Waals surface area contributed by atoms with Crippen molar-refractivity contribution >= 4 is 28.0 Å². The Kier molecular flexibility index (Phi) is 5.80. The lowest BCUT2D eigenvalue weighted by Crippen LogP contribution is -2.54. The van der Waals surface area contributed by atoms with Gasteiger partial charge in [-0.05, 0) is 55.9 Å². The number of ether oxygens (including phenoxy) is 3. The largest absolute Gasteiger partial charge is 0.469 e. The monoisotopic (exact) mass is 496 g/mol. The molecule has 10 heteroatoms. The summed E-state index contributed by atoms with van der Waals surface area (Å²) in [7, 11) is -1.37. The van der Waals surface area contributed by atoms with Crippen molar-refractivity contribution in [1.29, 1.82) is 0 Å². The Bertz CT molecular complexity index is 1090. The third-order valence-corrected chi connectivity index (χ3v) is 9.22. The van der Waals surface area contributed by atoms with E-state index >= 15 is 0 Å². The van der Waals surface area contributed by atoms with E-state index < -0.39 is 62.4 Å². The molecule has 3 fully saturated rings. The lowest BCUT2D eigenvalue weighted by molar-refractivity contribution is -0.170. The van der Waals surface area contributed by atoms with Crippen LogP contribution in [0, 0.1) is 28.6 Å². The number of fused-ring (bicyclic) bond motifs is 3. The van der Waals surface area contributed by atoms with Crippen molar-refractivity contribution in [3.05, 3.63) is 23.8 Å². The van der Waals surface area contributed by atoms with Crippen LogP contribution in [0.2, 0.25) is 0 Å². The van der Waals surface area contributed by atoms with Crippen LogP contribution in [0.3, 0.4) is 0 Å². The molecule has 4 aliphatic rings. The van der Waals surface area contributed by atoms with Gasteiger partial charge in [0, 0.05) is 12.8 Å². The van der Waals surface area contributed by atoms with E-state index in [-0.39, 0.29) is 12.3 Å². The van der Waals surface area contributed by atoms with Crippen molar-refractivity contribution in [3.63, 3.8) is 0 Å². The Morgan fingerprint density at radius 3 is 2.41 bits per heavy atom. The second-order valence-corrected chi connectivity index (χ2v) is 12.0. The van der Waals surface area contributed by atoms with Gasteiger partial charge in [0.2, 0.25) is 0 Å². The lowest BCUT2D eigenvalue weighted by Gasteiger charge is -2.45. The van der Waals surface area contributed by atoms with E-state index in [0.717, 1.165) is 17.4 Å². The smallest absolute Gasteiger partial charge is 0.314 e. The molecule has 0 unspecified atom stereocenters. The summed E-state index contributed by atoms with van der Waals surface area (Å²) in [4.78, 5) is 38.7. The molecule has 0 N–H and O–H groups in total. The summed E-state index contributed by atoms with van der Waals surface area (Å²) in [6.45, 7) is 7.19. The van der Waals surface area contributed by atoms with Crippen molar-refractivity contribution < 1.29 is 41.2 Å². The standard InChI is InChI=1S/C24H32O9S/c1-13-11-23-12-24(13,32-14(2)25)10-9-16(23)15-7-8-17(33-34(6,28)29)22(3,21(27)31-5)18(15)19(23)20(26)30-4/h7,16-19H,1,8-12H2,2-6H3/t16-,17+,18+,19+,22-,23-,24-/m0/s1. The predicted octanol–water partition coefficient (Wildman–Crippen LogP) is 2.31. The number of hydrogen-bond acceptors (Lipinski definition) is 9. The van der Waals surface area contributed by atoms with Gasteiger partial charge >= 0.3 is 17.9 Å². The van der Waals surface area contributed by atoms with E-state index in [1.807, 2.05) is 6.08 Å². The lowest BCUT2D eigenvalue weighted by atomic mass is 9.60. The van der Waals surface area contributed by atoms with E-state index in [0.29, 0.717) is 25.7 Å². The highest BCUT2D eigenvalue weighted by atomic mass is 32.2. The van der Waals surface area contributed by atoms with Crippen molar-refractivity contribution in [2.45, 2.75) is 57.7 Å². The number of carbonyl (C=O) groups excluding carboxylic acids is 3. The van der Waals surface area contributed by atoms with Crippen LogP contribution in [0.15, 0.2) is 23.8 Å². The van der Waals surface area contributed by atoms with Gasteiger partial charge in [0.1, 0.15) is 11.0 Å². The normalized spacial score (nSPS) is 40.6. The molecular weight excluding hydrogens is 464 g/mol. The van der Waals surface area contributed by atoms with E-state index in [1.165, 1.54) is 21.1 Å². The number of hydrogen-bond donors (Lipinski definition) is 0. The predicted molar refractivity (Wildman–Crippen MR) is 120 cm³/mol. The number of allylic oxidation sites excluding steroid dienone is 1. The molecule has 0 aliphatic heterocycles.